The second-order valence-electron chi connectivity index (χ2n) is 6.78. The van der Waals surface area contributed by atoms with Crippen LogP contribution in [0.1, 0.15) is 25.3 Å². The number of hydrogen-bond donors (Lipinski definition) is 3. The number of benzene rings is 2. The molecule has 30 heavy (non-hydrogen) atoms. The lowest BCUT2D eigenvalue weighted by Crippen LogP contribution is -2.51. The molecule has 0 spiro atoms. The molecule has 1 fully saturated rings. The largest absolute Gasteiger partial charge is 0.493 e. The Morgan fingerprint density at radius 3 is 2.53 bits per heavy atom. The van der Waals surface area contributed by atoms with Crippen molar-refractivity contribution < 1.29 is 14.3 Å². The molecule has 1 heterocycles. The summed E-state index contributed by atoms with van der Waals surface area (Å²) in [4.78, 5) is 16.0. The maximum absolute atomic E-state index is 11.3. The number of rotatable bonds is 7. The number of carbonyl (C=O) groups excluding carboxylic acids is 1. The summed E-state index contributed by atoms with van der Waals surface area (Å²) >= 11 is 0. The highest BCUT2D eigenvalue weighted by atomic mass is 127. The number of nitrogens with zero attached hydrogens (tertiary/aromatic N) is 1. The second kappa shape index (κ2) is 12.3. The molecule has 1 aliphatic rings. The van der Waals surface area contributed by atoms with Gasteiger partial charge in [-0.2, -0.15) is 0 Å². The van der Waals surface area contributed by atoms with Crippen LogP contribution in [0, 0.1) is 0 Å². The van der Waals surface area contributed by atoms with E-state index in [1.165, 1.54) is 0 Å². The van der Waals surface area contributed by atoms with Crippen LogP contribution < -0.4 is 25.4 Å². The van der Waals surface area contributed by atoms with Crippen molar-refractivity contribution >= 4 is 35.8 Å². The third-order valence-electron chi connectivity index (χ3n) is 4.59. The van der Waals surface area contributed by atoms with E-state index < -0.39 is 0 Å². The first kappa shape index (κ1) is 23.8. The maximum atomic E-state index is 11.3. The summed E-state index contributed by atoms with van der Waals surface area (Å²) in [7, 11) is 1.63. The van der Waals surface area contributed by atoms with Crippen LogP contribution >= 0.6 is 24.0 Å². The maximum Gasteiger partial charge on any atom is 0.220 e. The Bertz CT molecular complexity index is 833. The minimum Gasteiger partial charge on any atom is -0.493 e. The zero-order valence-corrected chi connectivity index (χ0v) is 19.6. The first-order valence-corrected chi connectivity index (χ1v) is 9.89. The molecule has 0 aliphatic carbocycles. The molecule has 1 saturated heterocycles. The van der Waals surface area contributed by atoms with E-state index in [1.807, 2.05) is 55.5 Å². The molecule has 7 nitrogen and oxygen atoms in total. The topological polar surface area (TPSA) is 84.0 Å². The van der Waals surface area contributed by atoms with E-state index in [0.717, 1.165) is 30.2 Å². The minimum absolute atomic E-state index is 0. The van der Waals surface area contributed by atoms with Gasteiger partial charge in [0.15, 0.2) is 17.5 Å². The molecular weight excluding hydrogens is 495 g/mol. The second-order valence-corrected chi connectivity index (χ2v) is 6.78. The first-order chi connectivity index (χ1) is 14.2. The van der Waals surface area contributed by atoms with E-state index >= 15 is 0 Å². The van der Waals surface area contributed by atoms with E-state index in [0.29, 0.717) is 31.0 Å². The van der Waals surface area contributed by atoms with Crippen LogP contribution in [0.3, 0.4) is 0 Å². The van der Waals surface area contributed by atoms with Crippen molar-refractivity contribution in [3.63, 3.8) is 0 Å². The Morgan fingerprint density at radius 2 is 1.90 bits per heavy atom. The zero-order chi connectivity index (χ0) is 20.5. The van der Waals surface area contributed by atoms with Crippen LogP contribution in [-0.4, -0.2) is 38.1 Å². The summed E-state index contributed by atoms with van der Waals surface area (Å²) in [5.74, 6) is 2.98. The number of aliphatic imine (C=N–C) groups is 1. The fraction of sp³-hybridized carbons (Fsp3) is 0.364. The number of amides is 1. The molecule has 0 radical (unpaired) electrons. The van der Waals surface area contributed by atoms with E-state index in [9.17, 15) is 4.79 Å². The van der Waals surface area contributed by atoms with Crippen LogP contribution in [0.5, 0.6) is 17.2 Å². The Morgan fingerprint density at radius 1 is 1.17 bits per heavy atom. The number of halogens is 1. The molecule has 1 amide bonds. The number of methoxy groups -OCH3 is 1. The van der Waals surface area contributed by atoms with Crippen LogP contribution in [0.4, 0.5) is 0 Å². The summed E-state index contributed by atoms with van der Waals surface area (Å²) in [5, 5.41) is 9.53. The third kappa shape index (κ3) is 7.08. The lowest BCUT2D eigenvalue weighted by atomic mass is 10.1. The lowest BCUT2D eigenvalue weighted by molar-refractivity contribution is -0.122. The lowest BCUT2D eigenvalue weighted by Gasteiger charge is -2.25. The third-order valence-corrected chi connectivity index (χ3v) is 4.59. The smallest absolute Gasteiger partial charge is 0.220 e. The fourth-order valence-corrected chi connectivity index (χ4v) is 3.03. The number of nitrogens with one attached hydrogen (secondary N) is 3. The van der Waals surface area contributed by atoms with Crippen LogP contribution in [0.25, 0.3) is 0 Å². The standard InChI is InChI=1S/C22H28N4O3.HI/c1-3-23-22(26-17-10-13-21(27)24-15-17)25-14-16-8-11-18(12-9-16)29-20-7-5-4-6-19(20)28-2;/h4-9,11-12,17H,3,10,13-15H2,1-2H3,(H,24,27)(H2,23,25,26);1H. The molecule has 0 saturated carbocycles. The molecule has 0 aromatic heterocycles. The number of piperidine rings is 1. The average molecular weight is 524 g/mol. The molecule has 1 aliphatic heterocycles. The van der Waals surface area contributed by atoms with Gasteiger partial charge in [0.1, 0.15) is 5.75 Å². The van der Waals surface area contributed by atoms with Gasteiger partial charge < -0.3 is 25.4 Å². The van der Waals surface area contributed by atoms with Gasteiger partial charge in [-0.05, 0) is 43.2 Å². The van der Waals surface area contributed by atoms with Crippen LogP contribution in [0.2, 0.25) is 0 Å². The molecule has 1 unspecified atom stereocenters. The summed E-state index contributed by atoms with van der Waals surface area (Å²) in [6.07, 6.45) is 1.36. The van der Waals surface area contributed by atoms with Crippen molar-refractivity contribution in [1.29, 1.82) is 0 Å². The zero-order valence-electron chi connectivity index (χ0n) is 17.3. The van der Waals surface area contributed by atoms with Gasteiger partial charge >= 0.3 is 0 Å². The van der Waals surface area contributed by atoms with Crippen molar-refractivity contribution in [2.45, 2.75) is 32.4 Å². The van der Waals surface area contributed by atoms with E-state index in [-0.39, 0.29) is 35.9 Å². The molecule has 0 bridgehead atoms. The highest BCUT2D eigenvalue weighted by Gasteiger charge is 2.18. The SMILES string of the molecule is CCNC(=NCc1ccc(Oc2ccccc2OC)cc1)NC1CCC(=O)NC1.I. The summed E-state index contributed by atoms with van der Waals surface area (Å²) in [6, 6.07) is 15.6. The van der Waals surface area contributed by atoms with Gasteiger partial charge in [-0.25, -0.2) is 4.99 Å². The van der Waals surface area contributed by atoms with Crippen molar-refractivity contribution in [2.75, 3.05) is 20.2 Å². The Hall–Kier alpha value is -2.49. The Balaban J connectivity index is 0.00000320. The monoisotopic (exact) mass is 524 g/mol. The van der Waals surface area contributed by atoms with E-state index in [4.69, 9.17) is 9.47 Å². The number of carbonyl (C=O) groups is 1. The van der Waals surface area contributed by atoms with Gasteiger partial charge in [0, 0.05) is 25.6 Å². The summed E-state index contributed by atoms with van der Waals surface area (Å²) in [6.45, 7) is 3.97. The van der Waals surface area contributed by atoms with E-state index in [2.05, 4.69) is 20.9 Å². The number of ether oxygens (including phenoxy) is 2. The van der Waals surface area contributed by atoms with Crippen LogP contribution in [0.15, 0.2) is 53.5 Å². The minimum atomic E-state index is 0. The molecule has 162 valence electrons. The van der Waals surface area contributed by atoms with Crippen LogP contribution in [-0.2, 0) is 11.3 Å². The predicted octanol–water partition coefficient (Wildman–Crippen LogP) is 3.44. The van der Waals surface area contributed by atoms with Gasteiger partial charge in [0.2, 0.25) is 5.91 Å². The quantitative estimate of drug-likeness (QED) is 0.294. The highest BCUT2D eigenvalue weighted by Crippen LogP contribution is 2.30. The number of hydrogen-bond acceptors (Lipinski definition) is 4. The summed E-state index contributed by atoms with van der Waals surface area (Å²) < 4.78 is 11.2. The first-order valence-electron chi connectivity index (χ1n) is 9.89. The number of guanidine groups is 1. The van der Waals surface area contributed by atoms with Gasteiger partial charge in [0.25, 0.3) is 0 Å². The van der Waals surface area contributed by atoms with Gasteiger partial charge in [-0.1, -0.05) is 24.3 Å². The van der Waals surface area contributed by atoms with Gasteiger partial charge in [-0.3, -0.25) is 4.79 Å². The van der Waals surface area contributed by atoms with Crippen molar-refractivity contribution in [1.82, 2.24) is 16.0 Å². The molecule has 3 rings (SSSR count). The van der Waals surface area contributed by atoms with Gasteiger partial charge in [0.05, 0.1) is 13.7 Å². The van der Waals surface area contributed by atoms with Crippen molar-refractivity contribution in [2.24, 2.45) is 4.99 Å². The molecule has 2 aromatic carbocycles. The molecule has 3 N–H and O–H groups in total. The Labute approximate surface area is 194 Å². The summed E-state index contributed by atoms with van der Waals surface area (Å²) in [5.41, 5.74) is 1.08. The van der Waals surface area contributed by atoms with Crippen molar-refractivity contribution in [3.05, 3.63) is 54.1 Å². The highest BCUT2D eigenvalue weighted by molar-refractivity contribution is 14.0. The Kier molecular flexibility index (Phi) is 9.72. The van der Waals surface area contributed by atoms with Crippen molar-refractivity contribution in [3.8, 4) is 17.2 Å². The molecule has 1 atom stereocenters. The van der Waals surface area contributed by atoms with Gasteiger partial charge in [-0.15, -0.1) is 24.0 Å². The average Bonchev–Trinajstić information content (AvgIpc) is 2.75. The fourth-order valence-electron chi connectivity index (χ4n) is 3.03. The number of para-hydroxylation sites is 2. The normalized spacial score (nSPS) is 16.1. The molecular formula is C22H29IN4O3. The molecule has 8 heteroatoms. The van der Waals surface area contributed by atoms with E-state index in [1.54, 1.807) is 7.11 Å². The predicted molar refractivity (Wildman–Crippen MR) is 129 cm³/mol. The molecule has 2 aromatic rings.